The van der Waals surface area contributed by atoms with Gasteiger partial charge in [0.1, 0.15) is 0 Å². The first kappa shape index (κ1) is 9.41. The number of allylic oxidation sites excluding steroid dienone is 1. The zero-order chi connectivity index (χ0) is 11.0. The zero-order valence-corrected chi connectivity index (χ0v) is 9.06. The van der Waals surface area contributed by atoms with Crippen molar-refractivity contribution >= 4 is 6.08 Å². The first-order valence-electron chi connectivity index (χ1n) is 5.54. The maximum Gasteiger partial charge on any atom is 0.0281 e. The molecule has 0 aliphatic heterocycles. The fraction of sp³-hybridized carbons (Fsp3) is 0.0625. The molecule has 0 nitrogen and oxygen atoms in total. The van der Waals surface area contributed by atoms with Crippen LogP contribution in [0.15, 0.2) is 54.6 Å². The minimum absolute atomic E-state index is 0.380. The molecule has 0 N–H and O–H groups in total. The Balaban J connectivity index is 2.12. The van der Waals surface area contributed by atoms with E-state index in [1.807, 2.05) is 6.07 Å². The van der Waals surface area contributed by atoms with E-state index >= 15 is 0 Å². The Labute approximate surface area is 96.3 Å². The van der Waals surface area contributed by atoms with Gasteiger partial charge in [-0.3, -0.25) is 0 Å². The average molecular weight is 205 g/mol. The molecule has 0 fully saturated rings. The van der Waals surface area contributed by atoms with Gasteiger partial charge in [0.05, 0.1) is 0 Å². The number of hydrogen-bond acceptors (Lipinski definition) is 0. The summed E-state index contributed by atoms with van der Waals surface area (Å²) in [5, 5.41) is 0. The maximum absolute atomic E-state index is 4.10. The van der Waals surface area contributed by atoms with Gasteiger partial charge >= 0.3 is 0 Å². The highest BCUT2D eigenvalue weighted by Gasteiger charge is 2.19. The van der Waals surface area contributed by atoms with Gasteiger partial charge in [-0.2, -0.15) is 0 Å². The van der Waals surface area contributed by atoms with Crippen LogP contribution < -0.4 is 0 Å². The van der Waals surface area contributed by atoms with E-state index in [1.54, 1.807) is 0 Å². The summed E-state index contributed by atoms with van der Waals surface area (Å²) < 4.78 is 0. The zero-order valence-electron chi connectivity index (χ0n) is 9.06. The molecule has 0 heterocycles. The highest BCUT2D eigenvalue weighted by atomic mass is 14.2. The lowest BCUT2D eigenvalue weighted by molar-refractivity contribution is 1.04. The lowest BCUT2D eigenvalue weighted by Crippen LogP contribution is -1.97. The second-order valence-corrected chi connectivity index (χ2v) is 4.16. The highest BCUT2D eigenvalue weighted by Crippen LogP contribution is 2.36. The molecular formula is C16H13. The van der Waals surface area contributed by atoms with E-state index in [1.165, 1.54) is 16.7 Å². The number of rotatable bonds is 1. The normalized spacial score (nSPS) is 17.4. The highest BCUT2D eigenvalue weighted by molar-refractivity contribution is 5.65. The third-order valence-electron chi connectivity index (χ3n) is 3.19. The van der Waals surface area contributed by atoms with Gasteiger partial charge in [-0.05, 0) is 29.2 Å². The second-order valence-electron chi connectivity index (χ2n) is 4.16. The van der Waals surface area contributed by atoms with Crippen LogP contribution in [-0.4, -0.2) is 0 Å². The van der Waals surface area contributed by atoms with Crippen LogP contribution in [0.1, 0.15) is 28.2 Å². The topological polar surface area (TPSA) is 0 Å². The predicted octanol–water partition coefficient (Wildman–Crippen LogP) is 4.03. The van der Waals surface area contributed by atoms with Gasteiger partial charge in [-0.1, -0.05) is 60.7 Å². The molecule has 1 atom stereocenters. The largest absolute Gasteiger partial charge is 0.0720 e. The molecule has 0 heteroatoms. The third-order valence-corrected chi connectivity index (χ3v) is 3.19. The van der Waals surface area contributed by atoms with Crippen LogP contribution >= 0.6 is 0 Å². The third kappa shape index (κ3) is 1.38. The lowest BCUT2D eigenvalue weighted by Gasteiger charge is -2.13. The van der Waals surface area contributed by atoms with E-state index in [9.17, 15) is 0 Å². The summed E-state index contributed by atoms with van der Waals surface area (Å²) in [4.78, 5) is 0. The van der Waals surface area contributed by atoms with Crippen LogP contribution in [-0.2, 0) is 0 Å². The quantitative estimate of drug-likeness (QED) is 0.659. The fourth-order valence-electron chi connectivity index (χ4n) is 2.36. The van der Waals surface area contributed by atoms with Crippen molar-refractivity contribution in [2.75, 3.05) is 0 Å². The molecule has 0 saturated carbocycles. The molecule has 1 aliphatic rings. The molecule has 2 aromatic carbocycles. The summed E-state index contributed by atoms with van der Waals surface area (Å²) in [6, 6.07) is 16.9. The van der Waals surface area contributed by atoms with Crippen molar-refractivity contribution in [2.24, 2.45) is 0 Å². The maximum atomic E-state index is 4.10. The molecule has 77 valence electrons. The molecule has 3 rings (SSSR count). The van der Waals surface area contributed by atoms with Crippen molar-refractivity contribution in [1.82, 2.24) is 0 Å². The molecule has 1 aliphatic carbocycles. The van der Waals surface area contributed by atoms with Gasteiger partial charge in [-0.25, -0.2) is 0 Å². The van der Waals surface area contributed by atoms with Gasteiger partial charge in [0.15, 0.2) is 0 Å². The smallest absolute Gasteiger partial charge is 0.0281 e. The first-order chi connectivity index (χ1) is 7.86. The van der Waals surface area contributed by atoms with Gasteiger partial charge in [0.2, 0.25) is 0 Å². The molecule has 16 heavy (non-hydrogen) atoms. The molecule has 0 saturated heterocycles. The summed E-state index contributed by atoms with van der Waals surface area (Å²) in [5.74, 6) is 0.380. The van der Waals surface area contributed by atoms with Crippen molar-refractivity contribution in [3.05, 3.63) is 83.8 Å². The van der Waals surface area contributed by atoms with Crippen molar-refractivity contribution < 1.29 is 0 Å². The number of hydrogen-bond donors (Lipinski definition) is 0. The molecular weight excluding hydrogens is 192 g/mol. The fourth-order valence-corrected chi connectivity index (χ4v) is 2.36. The van der Waals surface area contributed by atoms with E-state index < -0.39 is 0 Å². The van der Waals surface area contributed by atoms with E-state index in [2.05, 4.69) is 61.5 Å². The summed E-state index contributed by atoms with van der Waals surface area (Å²) in [6.45, 7) is 4.10. The van der Waals surface area contributed by atoms with E-state index in [-0.39, 0.29) is 0 Å². The Kier molecular flexibility index (Phi) is 2.14. The average Bonchev–Trinajstić information content (AvgIpc) is 2.74. The van der Waals surface area contributed by atoms with Crippen LogP contribution in [0.5, 0.6) is 0 Å². The molecule has 0 amide bonds. The summed E-state index contributed by atoms with van der Waals surface area (Å²) >= 11 is 0. The first-order valence-corrected chi connectivity index (χ1v) is 5.54. The molecule has 0 bridgehead atoms. The van der Waals surface area contributed by atoms with Crippen LogP contribution in [0.4, 0.5) is 0 Å². The van der Waals surface area contributed by atoms with E-state index in [4.69, 9.17) is 0 Å². The van der Waals surface area contributed by atoms with Crippen LogP contribution in [0.3, 0.4) is 0 Å². The van der Waals surface area contributed by atoms with Crippen molar-refractivity contribution in [2.45, 2.75) is 5.92 Å². The predicted molar refractivity (Wildman–Crippen MR) is 68.2 cm³/mol. The van der Waals surface area contributed by atoms with Crippen molar-refractivity contribution in [1.29, 1.82) is 0 Å². The van der Waals surface area contributed by atoms with Gasteiger partial charge in [0, 0.05) is 5.92 Å². The van der Waals surface area contributed by atoms with Crippen LogP contribution in [0.25, 0.3) is 6.08 Å². The molecule has 2 aromatic rings. The Hall–Kier alpha value is -1.82. The van der Waals surface area contributed by atoms with Crippen LogP contribution in [0, 0.1) is 6.92 Å². The van der Waals surface area contributed by atoms with Crippen LogP contribution in [0.2, 0.25) is 0 Å². The minimum atomic E-state index is 0.380. The monoisotopic (exact) mass is 205 g/mol. The van der Waals surface area contributed by atoms with Gasteiger partial charge < -0.3 is 0 Å². The summed E-state index contributed by atoms with van der Waals surface area (Å²) in [6.07, 6.45) is 4.46. The molecule has 1 unspecified atom stereocenters. The molecule has 0 aromatic heterocycles. The Morgan fingerprint density at radius 3 is 2.31 bits per heavy atom. The lowest BCUT2D eigenvalue weighted by atomic mass is 9.90. The second kappa shape index (κ2) is 3.64. The summed E-state index contributed by atoms with van der Waals surface area (Å²) in [5.41, 5.74) is 5.15. The molecule has 0 spiro atoms. The standard InChI is InChI=1S/C16H13/c1-12-6-2-4-8-14(12)16-11-10-13-7-3-5-9-15(13)16/h2-11,16H,1H2. The van der Waals surface area contributed by atoms with Crippen molar-refractivity contribution in [3.8, 4) is 0 Å². The Morgan fingerprint density at radius 2 is 1.50 bits per heavy atom. The van der Waals surface area contributed by atoms with Crippen molar-refractivity contribution in [3.63, 3.8) is 0 Å². The van der Waals surface area contributed by atoms with Gasteiger partial charge in [0.25, 0.3) is 0 Å². The van der Waals surface area contributed by atoms with E-state index in [0.717, 1.165) is 5.56 Å². The SMILES string of the molecule is [CH2]c1ccccc1C1C=Cc2ccccc21. The number of fused-ring (bicyclic) bond motifs is 1. The minimum Gasteiger partial charge on any atom is -0.0720 e. The number of benzene rings is 2. The summed E-state index contributed by atoms with van der Waals surface area (Å²) in [7, 11) is 0. The van der Waals surface area contributed by atoms with Gasteiger partial charge in [-0.15, -0.1) is 0 Å². The van der Waals surface area contributed by atoms with E-state index in [0.29, 0.717) is 5.92 Å². The Bertz CT molecular complexity index is 549. The Morgan fingerprint density at radius 1 is 0.812 bits per heavy atom. The molecule has 1 radical (unpaired) electrons.